The van der Waals surface area contributed by atoms with Gasteiger partial charge in [0, 0.05) is 0 Å². The Morgan fingerprint density at radius 1 is 1.42 bits per heavy atom. The molecule has 12 heavy (non-hydrogen) atoms. The van der Waals surface area contributed by atoms with Crippen LogP contribution in [-0.2, 0) is 13.8 Å². The van der Waals surface area contributed by atoms with Gasteiger partial charge in [-0.2, -0.15) is 4.79 Å². The van der Waals surface area contributed by atoms with Gasteiger partial charge in [-0.1, -0.05) is 13.3 Å². The lowest BCUT2D eigenvalue weighted by Gasteiger charge is -1.90. The van der Waals surface area contributed by atoms with E-state index in [2.05, 4.69) is 4.74 Å². The summed E-state index contributed by atoms with van der Waals surface area (Å²) in [6.07, 6.45) is 1.76. The topological polar surface area (TPSA) is 52.6 Å². The highest BCUT2D eigenvalue weighted by Crippen LogP contribution is 2.25. The lowest BCUT2D eigenvalue weighted by atomic mass is 10.4. The number of hydrogen-bond donors (Lipinski definition) is 0. The largest absolute Gasteiger partial charge is 0.636 e. The summed E-state index contributed by atoms with van der Waals surface area (Å²) in [6, 6.07) is 0. The first-order chi connectivity index (χ1) is 5.72. The molecule has 0 aromatic carbocycles. The summed E-state index contributed by atoms with van der Waals surface area (Å²) in [4.78, 5) is 10.7. The Kier molecular flexibility index (Phi) is 6.91. The fourth-order valence-corrected chi connectivity index (χ4v) is 1.16. The summed E-state index contributed by atoms with van der Waals surface area (Å²) in [5.74, 6) is 0. The number of hydrogen-bond acceptors (Lipinski definition) is 4. The van der Waals surface area contributed by atoms with E-state index in [4.69, 9.17) is 4.52 Å². The number of rotatable bonds is 6. The lowest BCUT2D eigenvalue weighted by molar-refractivity contribution is 0.173. The second kappa shape index (κ2) is 7.19. The van der Waals surface area contributed by atoms with Crippen LogP contribution in [0.2, 0.25) is 0 Å². The van der Waals surface area contributed by atoms with E-state index < -0.39 is 13.7 Å². The van der Waals surface area contributed by atoms with Crippen molar-refractivity contribution < 1.29 is 18.6 Å². The van der Waals surface area contributed by atoms with E-state index >= 15 is 0 Å². The molecular formula is C7H14O4P+. The van der Waals surface area contributed by atoms with Gasteiger partial charge in [0.25, 0.3) is 0 Å². The van der Waals surface area contributed by atoms with Gasteiger partial charge >= 0.3 is 13.7 Å². The Labute approximate surface area is 73.1 Å². The normalized spacial score (nSPS) is 11.0. The molecule has 0 spiro atoms. The molecule has 0 saturated heterocycles. The molecule has 70 valence electrons. The van der Waals surface area contributed by atoms with Gasteiger partial charge in [0.2, 0.25) is 0 Å². The molecule has 0 rings (SSSR count). The minimum absolute atomic E-state index is 0.233. The average Bonchev–Trinajstić information content (AvgIpc) is 2.05. The van der Waals surface area contributed by atoms with Crippen LogP contribution in [0.4, 0.5) is 4.79 Å². The second-order valence-electron chi connectivity index (χ2n) is 2.14. The molecule has 1 unspecified atom stereocenters. The minimum Gasteiger partial charge on any atom is -0.426 e. The second-order valence-corrected chi connectivity index (χ2v) is 3.28. The Balaban J connectivity index is 3.50. The lowest BCUT2D eigenvalue weighted by Crippen LogP contribution is -1.98. The third-order valence-corrected chi connectivity index (χ3v) is 1.97. The Bertz CT molecular complexity index is 157. The first-order valence-corrected chi connectivity index (χ1v) is 5.17. The number of carbonyl (C=O) groups is 1. The highest BCUT2D eigenvalue weighted by Gasteiger charge is 2.32. The van der Waals surface area contributed by atoms with E-state index in [0.29, 0.717) is 6.61 Å². The molecule has 4 nitrogen and oxygen atoms in total. The first-order valence-electron chi connectivity index (χ1n) is 3.99. The van der Waals surface area contributed by atoms with Gasteiger partial charge < -0.3 is 4.74 Å². The Hall–Kier alpha value is -0.470. The summed E-state index contributed by atoms with van der Waals surface area (Å²) in [5.41, 5.74) is -0.761. The van der Waals surface area contributed by atoms with Gasteiger partial charge in [-0.3, -0.25) is 0 Å². The van der Waals surface area contributed by atoms with Gasteiger partial charge in [0.15, 0.2) is 0 Å². The summed E-state index contributed by atoms with van der Waals surface area (Å²) in [7, 11) is -2.27. The van der Waals surface area contributed by atoms with E-state index in [1.807, 2.05) is 6.92 Å². The molecule has 0 amide bonds. The van der Waals surface area contributed by atoms with Gasteiger partial charge in [0.1, 0.15) is 6.61 Å². The number of unbranched alkanes of at least 4 members (excludes halogenated alkanes) is 1. The average molecular weight is 193 g/mol. The molecule has 0 saturated carbocycles. The minimum atomic E-state index is -2.27. The predicted molar refractivity (Wildman–Crippen MR) is 45.5 cm³/mol. The van der Waals surface area contributed by atoms with Crippen LogP contribution in [0.25, 0.3) is 0 Å². The number of ether oxygens (including phenoxy) is 1. The molecule has 0 aliphatic carbocycles. The molecule has 1 atom stereocenters. The number of carbonyl (C=O) groups excluding carboxylic acids is 1. The maximum Gasteiger partial charge on any atom is 0.636 e. The first kappa shape index (κ1) is 11.5. The molecule has 0 fully saturated rings. The smallest absolute Gasteiger partial charge is 0.426 e. The zero-order valence-corrected chi connectivity index (χ0v) is 8.30. The third kappa shape index (κ3) is 5.22. The van der Waals surface area contributed by atoms with Crippen LogP contribution in [0.5, 0.6) is 0 Å². The quantitative estimate of drug-likeness (QED) is 0.480. The third-order valence-electron chi connectivity index (χ3n) is 1.12. The zero-order chi connectivity index (χ0) is 9.40. The molecule has 0 aromatic heterocycles. The van der Waals surface area contributed by atoms with Crippen molar-refractivity contribution in [1.82, 2.24) is 0 Å². The van der Waals surface area contributed by atoms with Crippen molar-refractivity contribution in [3.8, 4) is 0 Å². The van der Waals surface area contributed by atoms with Crippen molar-refractivity contribution in [2.24, 2.45) is 0 Å². The van der Waals surface area contributed by atoms with E-state index in [0.717, 1.165) is 12.8 Å². The van der Waals surface area contributed by atoms with Crippen LogP contribution in [0.15, 0.2) is 0 Å². The van der Waals surface area contributed by atoms with Crippen LogP contribution in [0.1, 0.15) is 26.7 Å². The molecule has 0 heterocycles. The summed E-state index contributed by atoms with van der Waals surface area (Å²) < 4.78 is 20.1. The van der Waals surface area contributed by atoms with Crippen molar-refractivity contribution in [3.63, 3.8) is 0 Å². The standard InChI is InChI=1S/C7H14O4P/c1-3-5-6-11-12(9)7(8)10-4-2/h3-6H2,1-2H3/q+1. The van der Waals surface area contributed by atoms with Gasteiger partial charge in [-0.25, -0.2) is 0 Å². The maximum absolute atomic E-state index is 10.9. The van der Waals surface area contributed by atoms with E-state index in [9.17, 15) is 9.36 Å². The van der Waals surface area contributed by atoms with Crippen LogP contribution < -0.4 is 0 Å². The molecular weight excluding hydrogens is 179 g/mol. The maximum atomic E-state index is 10.9. The summed E-state index contributed by atoms with van der Waals surface area (Å²) in [6.45, 7) is 4.23. The summed E-state index contributed by atoms with van der Waals surface area (Å²) in [5, 5.41) is 0. The van der Waals surface area contributed by atoms with Crippen molar-refractivity contribution in [2.75, 3.05) is 13.2 Å². The van der Waals surface area contributed by atoms with Gasteiger partial charge in [0.05, 0.1) is 6.61 Å². The van der Waals surface area contributed by atoms with Gasteiger partial charge in [-0.05, 0) is 17.9 Å². The monoisotopic (exact) mass is 193 g/mol. The molecule has 0 N–H and O–H groups in total. The Morgan fingerprint density at radius 2 is 2.08 bits per heavy atom. The fourth-order valence-electron chi connectivity index (χ4n) is 0.521. The van der Waals surface area contributed by atoms with Crippen molar-refractivity contribution in [2.45, 2.75) is 26.7 Å². The van der Waals surface area contributed by atoms with Gasteiger partial charge in [-0.15, -0.1) is 4.52 Å². The van der Waals surface area contributed by atoms with Crippen LogP contribution in [0, 0.1) is 0 Å². The predicted octanol–water partition coefficient (Wildman–Crippen LogP) is 2.70. The van der Waals surface area contributed by atoms with Crippen LogP contribution >= 0.6 is 8.03 Å². The highest BCUT2D eigenvalue weighted by molar-refractivity contribution is 7.58. The van der Waals surface area contributed by atoms with E-state index in [-0.39, 0.29) is 6.61 Å². The molecule has 0 bridgehead atoms. The molecule has 0 radical (unpaired) electrons. The highest BCUT2D eigenvalue weighted by atomic mass is 31.1. The van der Waals surface area contributed by atoms with Crippen molar-refractivity contribution >= 4 is 13.7 Å². The molecule has 0 aliphatic heterocycles. The van der Waals surface area contributed by atoms with Crippen LogP contribution in [0.3, 0.4) is 0 Å². The fraction of sp³-hybridized carbons (Fsp3) is 0.857. The summed E-state index contributed by atoms with van der Waals surface area (Å²) >= 11 is 0. The van der Waals surface area contributed by atoms with E-state index in [1.54, 1.807) is 6.92 Å². The zero-order valence-electron chi connectivity index (χ0n) is 7.41. The van der Waals surface area contributed by atoms with Crippen molar-refractivity contribution in [1.29, 1.82) is 0 Å². The molecule has 0 aliphatic rings. The Morgan fingerprint density at radius 3 is 2.58 bits per heavy atom. The SMILES string of the molecule is CCCCO[P+](=O)C(=O)OCC. The van der Waals surface area contributed by atoms with Crippen LogP contribution in [-0.4, -0.2) is 18.9 Å². The molecule has 5 heteroatoms. The van der Waals surface area contributed by atoms with Crippen molar-refractivity contribution in [3.05, 3.63) is 0 Å². The molecule has 0 aromatic rings. The van der Waals surface area contributed by atoms with E-state index in [1.165, 1.54) is 0 Å².